The van der Waals surface area contributed by atoms with Crippen LogP contribution in [0.25, 0.3) is 0 Å². The van der Waals surface area contributed by atoms with Crippen molar-refractivity contribution in [1.82, 2.24) is 0 Å². The molecule has 0 unspecified atom stereocenters. The summed E-state index contributed by atoms with van der Waals surface area (Å²) >= 11 is 0. The van der Waals surface area contributed by atoms with E-state index in [1.165, 1.54) is 81.8 Å². The van der Waals surface area contributed by atoms with Gasteiger partial charge in [-0.15, -0.1) is 10.9 Å². The Labute approximate surface area is 107 Å². The van der Waals surface area contributed by atoms with Gasteiger partial charge in [-0.05, 0) is 0 Å². The van der Waals surface area contributed by atoms with E-state index < -0.39 is 0 Å². The molecule has 11 heteroatoms. The summed E-state index contributed by atoms with van der Waals surface area (Å²) in [5.41, 5.74) is 2.94. The van der Waals surface area contributed by atoms with Gasteiger partial charge in [0, 0.05) is 48.8 Å². The van der Waals surface area contributed by atoms with Gasteiger partial charge in [-0.2, -0.15) is 5.26 Å². The molecule has 0 spiro atoms. The highest BCUT2D eigenvalue weighted by molar-refractivity contribution is 7.69. The lowest BCUT2D eigenvalue weighted by Gasteiger charge is -2.08. The zero-order valence-electron chi connectivity index (χ0n) is 10.7. The van der Waals surface area contributed by atoms with Crippen LogP contribution in [0, 0.1) is 11.3 Å². The van der Waals surface area contributed by atoms with Crippen molar-refractivity contribution >= 4 is 70.8 Å². The number of nitrogens with zero attached hydrogens (tertiary/aromatic N) is 1. The van der Waals surface area contributed by atoms with Crippen LogP contribution in [0.4, 0.5) is 0 Å². The fourth-order valence-corrected chi connectivity index (χ4v) is 2.51. The van der Waals surface area contributed by atoms with Gasteiger partial charge >= 0.3 is 0 Å². The lowest BCUT2D eigenvalue weighted by atomic mass is 8.87. The molecule has 0 aromatic rings. The summed E-state index contributed by atoms with van der Waals surface area (Å²) in [6, 6.07) is 2.32. The van der Waals surface area contributed by atoms with E-state index in [0.29, 0.717) is 6.42 Å². The third-order valence-corrected chi connectivity index (χ3v) is 3.68. The number of allylic oxidation sites excluding steroid dienone is 2. The van der Waals surface area contributed by atoms with Crippen LogP contribution in [0.1, 0.15) is 13.3 Å². The molecule has 16 heavy (non-hydrogen) atoms. The summed E-state index contributed by atoms with van der Waals surface area (Å²) in [5.74, 6) is 0. The topological polar surface area (TPSA) is 23.8 Å². The first-order valence-corrected chi connectivity index (χ1v) is 6.89. The normalized spacial score (nSPS) is 15.8. The maximum atomic E-state index is 8.84. The molecule has 0 saturated carbocycles. The first-order valence-electron chi connectivity index (χ1n) is 6.89. The van der Waals surface area contributed by atoms with Crippen LogP contribution in [0.5, 0.6) is 0 Å². The minimum atomic E-state index is 0.659. The van der Waals surface area contributed by atoms with Crippen molar-refractivity contribution in [2.24, 2.45) is 0 Å². The molecule has 0 aliphatic carbocycles. The molecule has 0 fully saturated rings. The van der Waals surface area contributed by atoms with Crippen LogP contribution >= 0.6 is 0 Å². The zero-order chi connectivity index (χ0) is 11.6. The summed E-state index contributed by atoms with van der Waals surface area (Å²) in [4.78, 5) is 0. The molecule has 0 aromatic carbocycles. The summed E-state index contributed by atoms with van der Waals surface area (Å²) in [5, 5.41) is 8.84. The maximum Gasteiger partial charge on any atom is 0.109 e. The Bertz CT molecular complexity index is 271. The molecule has 0 atom stereocenters. The second-order valence-corrected chi connectivity index (χ2v) is 5.05. The minimum Gasteiger partial charge on any atom is -0.198 e. The van der Waals surface area contributed by atoms with Crippen molar-refractivity contribution in [3.63, 3.8) is 0 Å². The van der Waals surface area contributed by atoms with Crippen molar-refractivity contribution in [2.45, 2.75) is 13.3 Å². The van der Waals surface area contributed by atoms with Gasteiger partial charge in [-0.1, -0.05) is 6.92 Å². The monoisotopic (exact) mass is 199 g/mol. The maximum absolute atomic E-state index is 8.84. The van der Waals surface area contributed by atoms with Gasteiger partial charge in [0.1, 0.15) is 14.3 Å². The molecule has 1 heterocycles. The van der Waals surface area contributed by atoms with Gasteiger partial charge in [-0.3, -0.25) is 0 Å². The smallest absolute Gasteiger partial charge is 0.109 e. The van der Waals surface area contributed by atoms with E-state index in [0.717, 1.165) is 0 Å². The Balaban J connectivity index is 2.52. The van der Waals surface area contributed by atoms with Crippen LogP contribution in [-0.2, 0) is 0 Å². The molecule has 1 aliphatic heterocycles. The summed E-state index contributed by atoms with van der Waals surface area (Å²) in [6.07, 6.45) is 0.659. The highest BCUT2D eigenvalue weighted by atomic mass is 14.2. The molecule has 0 bridgehead atoms. The quantitative estimate of drug-likeness (QED) is 0.385. The van der Waals surface area contributed by atoms with Crippen LogP contribution in [0.15, 0.2) is 10.9 Å². The van der Waals surface area contributed by atoms with Crippen molar-refractivity contribution in [2.75, 3.05) is 0 Å². The fraction of sp³-hybridized carbons (Fsp3) is 0.400. The molecular formula is C5H15B10N. The van der Waals surface area contributed by atoms with Crippen molar-refractivity contribution in [3.8, 4) is 6.07 Å². The summed E-state index contributed by atoms with van der Waals surface area (Å²) in [7, 11) is 13.3. The SMILES string of the molecule is CC1=C(CC#N)BBBBBBBBBB1. The van der Waals surface area contributed by atoms with Gasteiger partial charge in [0.25, 0.3) is 0 Å². The van der Waals surface area contributed by atoms with Gasteiger partial charge in [0.15, 0.2) is 0 Å². The lowest BCUT2D eigenvalue weighted by Crippen LogP contribution is -2.34. The average molecular weight is 197 g/mol. The Kier molecular flexibility index (Phi) is 7.81. The minimum absolute atomic E-state index is 0.659. The van der Waals surface area contributed by atoms with E-state index in [-0.39, 0.29) is 0 Å². The van der Waals surface area contributed by atoms with Crippen LogP contribution in [0.3, 0.4) is 0 Å². The molecule has 1 aliphatic rings. The molecular weight excluding hydrogens is 182 g/mol. The fourth-order valence-electron chi connectivity index (χ4n) is 2.51. The molecule has 1 rings (SSSR count). The predicted octanol–water partition coefficient (Wildman–Crippen LogP) is -5.25. The average Bonchev–Trinajstić information content (AvgIpc) is 2.28. The van der Waals surface area contributed by atoms with E-state index in [1.807, 2.05) is 0 Å². The Morgan fingerprint density at radius 3 is 1.94 bits per heavy atom. The van der Waals surface area contributed by atoms with Crippen LogP contribution in [0.2, 0.25) is 0 Å². The molecule has 0 N–H and O–H groups in total. The predicted molar refractivity (Wildman–Crippen MR) is 94.4 cm³/mol. The molecule has 70 valence electrons. The third-order valence-electron chi connectivity index (χ3n) is 3.68. The Morgan fingerprint density at radius 1 is 0.875 bits per heavy atom. The molecule has 0 aromatic heterocycles. The first-order chi connectivity index (χ1) is 7.84. The van der Waals surface area contributed by atoms with Crippen molar-refractivity contribution in [1.29, 1.82) is 5.26 Å². The van der Waals surface area contributed by atoms with E-state index in [2.05, 4.69) is 13.0 Å². The van der Waals surface area contributed by atoms with Crippen molar-refractivity contribution in [3.05, 3.63) is 10.9 Å². The first kappa shape index (κ1) is 13.9. The largest absolute Gasteiger partial charge is 0.198 e. The second kappa shape index (κ2) is 8.97. The highest BCUT2D eigenvalue weighted by Gasteiger charge is 2.09. The summed E-state index contributed by atoms with van der Waals surface area (Å²) in [6.45, 7) is 2.23. The number of hydrogen-bond donors (Lipinski definition) is 0. The van der Waals surface area contributed by atoms with E-state index >= 15 is 0 Å². The molecule has 0 saturated heterocycles. The van der Waals surface area contributed by atoms with E-state index in [9.17, 15) is 0 Å². The van der Waals surface area contributed by atoms with Gasteiger partial charge < -0.3 is 0 Å². The number of rotatable bonds is 1. The highest BCUT2D eigenvalue weighted by Crippen LogP contribution is 2.04. The molecule has 1 nitrogen and oxygen atoms in total. The van der Waals surface area contributed by atoms with Crippen LogP contribution < -0.4 is 0 Å². The van der Waals surface area contributed by atoms with Crippen molar-refractivity contribution < 1.29 is 0 Å². The van der Waals surface area contributed by atoms with E-state index in [4.69, 9.17) is 5.26 Å². The Morgan fingerprint density at radius 2 is 1.38 bits per heavy atom. The zero-order valence-corrected chi connectivity index (χ0v) is 10.7. The lowest BCUT2D eigenvalue weighted by molar-refractivity contribution is 1.30. The van der Waals surface area contributed by atoms with Gasteiger partial charge in [-0.25, -0.2) is 0 Å². The standard InChI is InChI=1S/C5H15B10N/c1-4-5(2-3-16)7-9-11-13-15-14-12-10-8-6-4/h6-15H,2H2,1H3. The van der Waals surface area contributed by atoms with E-state index in [1.54, 1.807) is 0 Å². The molecule has 0 radical (unpaired) electrons. The number of hydrogen-bond acceptors (Lipinski definition) is 1. The van der Waals surface area contributed by atoms with Gasteiger partial charge in [0.05, 0.1) is 20.2 Å². The third kappa shape index (κ3) is 5.83. The summed E-state index contributed by atoms with van der Waals surface area (Å²) < 4.78 is 0. The second-order valence-electron chi connectivity index (χ2n) is 5.05. The Hall–Kier alpha value is -0.121. The molecule has 0 amide bonds. The number of nitriles is 1. The van der Waals surface area contributed by atoms with Gasteiger partial charge in [0.2, 0.25) is 0 Å². The van der Waals surface area contributed by atoms with Crippen LogP contribution in [-0.4, -0.2) is 70.8 Å².